The van der Waals surface area contributed by atoms with Gasteiger partial charge >= 0.3 is 0 Å². The molecule has 0 radical (unpaired) electrons. The van der Waals surface area contributed by atoms with Crippen molar-refractivity contribution in [1.29, 1.82) is 0 Å². The van der Waals surface area contributed by atoms with Crippen LogP contribution in [0.5, 0.6) is 0 Å². The van der Waals surface area contributed by atoms with Crippen LogP contribution in [0.1, 0.15) is 15.2 Å². The van der Waals surface area contributed by atoms with Crippen LogP contribution in [0.15, 0.2) is 29.9 Å². The van der Waals surface area contributed by atoms with E-state index in [0.29, 0.717) is 17.2 Å². The molecular weight excluding hydrogens is 280 g/mol. The Hall–Kier alpha value is -1.99. The lowest BCUT2D eigenvalue weighted by Gasteiger charge is -2.03. The fourth-order valence-corrected chi connectivity index (χ4v) is 2.99. The molecule has 0 aliphatic rings. The van der Waals surface area contributed by atoms with E-state index in [4.69, 9.17) is 5.73 Å². The Labute approximate surface area is 117 Å². The van der Waals surface area contributed by atoms with E-state index < -0.39 is 0 Å². The largest absolute Gasteiger partial charge is 0.375 e. The number of fused-ring (bicyclic) bond motifs is 1. The molecule has 0 aliphatic heterocycles. The molecule has 7 heteroatoms. The summed E-state index contributed by atoms with van der Waals surface area (Å²) in [5.41, 5.74) is 8.82. The molecule has 1 amide bonds. The minimum Gasteiger partial charge on any atom is -0.375 e. The monoisotopic (exact) mass is 290 g/mol. The van der Waals surface area contributed by atoms with Gasteiger partial charge < -0.3 is 11.1 Å². The maximum Gasteiger partial charge on any atom is 0.251 e. The molecular formula is C12H10N4OS2. The number of carbonyl (C=O) groups is 1. The van der Waals surface area contributed by atoms with Gasteiger partial charge in [-0.3, -0.25) is 9.78 Å². The van der Waals surface area contributed by atoms with Crippen LogP contribution in [0.25, 0.3) is 10.2 Å². The van der Waals surface area contributed by atoms with E-state index in [1.807, 2.05) is 12.1 Å². The van der Waals surface area contributed by atoms with Crippen molar-refractivity contribution < 1.29 is 4.79 Å². The molecule has 0 atom stereocenters. The second-order valence-corrected chi connectivity index (χ2v) is 5.92. The van der Waals surface area contributed by atoms with Crippen LogP contribution in [0.3, 0.4) is 0 Å². The van der Waals surface area contributed by atoms with E-state index >= 15 is 0 Å². The van der Waals surface area contributed by atoms with Gasteiger partial charge in [0.2, 0.25) is 0 Å². The summed E-state index contributed by atoms with van der Waals surface area (Å²) < 4.78 is 0.919. The molecule has 0 bridgehead atoms. The molecule has 3 rings (SSSR count). The van der Waals surface area contributed by atoms with Crippen molar-refractivity contribution in [1.82, 2.24) is 15.3 Å². The van der Waals surface area contributed by atoms with Crippen LogP contribution in [0.4, 0.5) is 5.13 Å². The van der Waals surface area contributed by atoms with Crippen LogP contribution >= 0.6 is 22.7 Å². The molecule has 0 unspecified atom stereocenters. The molecule has 0 spiro atoms. The van der Waals surface area contributed by atoms with Gasteiger partial charge in [-0.25, -0.2) is 4.98 Å². The fraction of sp³-hybridized carbons (Fsp3) is 0.0833. The number of carbonyl (C=O) groups excluding carboxylic acids is 1. The van der Waals surface area contributed by atoms with Crippen molar-refractivity contribution >= 4 is 43.9 Å². The number of hydrogen-bond acceptors (Lipinski definition) is 6. The van der Waals surface area contributed by atoms with Gasteiger partial charge in [-0.05, 0) is 18.2 Å². The van der Waals surface area contributed by atoms with Crippen molar-refractivity contribution in [3.63, 3.8) is 0 Å². The van der Waals surface area contributed by atoms with Crippen molar-refractivity contribution in [3.8, 4) is 0 Å². The first-order chi connectivity index (χ1) is 9.22. The molecule has 96 valence electrons. The summed E-state index contributed by atoms with van der Waals surface area (Å²) >= 11 is 2.89. The van der Waals surface area contributed by atoms with Crippen LogP contribution in [-0.2, 0) is 6.54 Å². The number of benzene rings is 1. The van der Waals surface area contributed by atoms with Gasteiger partial charge in [0.1, 0.15) is 0 Å². The number of amides is 1. The molecule has 3 N–H and O–H groups in total. The number of nitrogens with zero attached hydrogens (tertiary/aromatic N) is 2. The molecule has 2 heterocycles. The highest BCUT2D eigenvalue weighted by molar-refractivity contribution is 7.22. The van der Waals surface area contributed by atoms with Gasteiger partial charge in [0.25, 0.3) is 5.91 Å². The van der Waals surface area contributed by atoms with E-state index in [1.165, 1.54) is 22.7 Å². The highest BCUT2D eigenvalue weighted by Crippen LogP contribution is 2.24. The highest BCUT2D eigenvalue weighted by atomic mass is 32.1. The van der Waals surface area contributed by atoms with Crippen molar-refractivity contribution in [3.05, 3.63) is 40.3 Å². The number of thiazole rings is 2. The molecule has 19 heavy (non-hydrogen) atoms. The Morgan fingerprint density at radius 1 is 1.42 bits per heavy atom. The summed E-state index contributed by atoms with van der Waals surface area (Å²) in [7, 11) is 0. The Morgan fingerprint density at radius 2 is 2.32 bits per heavy atom. The maximum atomic E-state index is 12.0. The zero-order valence-electron chi connectivity index (χ0n) is 9.79. The lowest BCUT2D eigenvalue weighted by Crippen LogP contribution is -2.22. The van der Waals surface area contributed by atoms with Crippen molar-refractivity contribution in [2.45, 2.75) is 6.54 Å². The first-order valence-electron chi connectivity index (χ1n) is 5.54. The van der Waals surface area contributed by atoms with E-state index in [2.05, 4.69) is 15.3 Å². The SMILES string of the molecule is Nc1nc2ccc(C(=O)NCc3cncs3)cc2s1. The Bertz CT molecular complexity index is 720. The van der Waals surface area contributed by atoms with Gasteiger partial charge in [-0.2, -0.15) is 0 Å². The number of nitrogens with two attached hydrogens (primary N) is 1. The fourth-order valence-electron chi connectivity index (χ4n) is 1.68. The summed E-state index contributed by atoms with van der Waals surface area (Å²) in [4.78, 5) is 21.2. The van der Waals surface area contributed by atoms with Crippen LogP contribution in [0.2, 0.25) is 0 Å². The number of hydrogen-bond donors (Lipinski definition) is 2. The molecule has 0 saturated carbocycles. The van der Waals surface area contributed by atoms with E-state index in [9.17, 15) is 4.79 Å². The average molecular weight is 290 g/mol. The molecule has 0 fully saturated rings. The summed E-state index contributed by atoms with van der Waals surface area (Å²) in [5, 5.41) is 3.37. The molecule has 5 nitrogen and oxygen atoms in total. The van der Waals surface area contributed by atoms with Crippen LogP contribution < -0.4 is 11.1 Å². The van der Waals surface area contributed by atoms with Crippen molar-refractivity contribution in [2.24, 2.45) is 0 Å². The van der Waals surface area contributed by atoms with Gasteiger partial charge in [-0.1, -0.05) is 11.3 Å². The zero-order valence-corrected chi connectivity index (χ0v) is 11.4. The third-order valence-electron chi connectivity index (χ3n) is 2.57. The normalized spacial score (nSPS) is 10.7. The molecule has 0 saturated heterocycles. The summed E-state index contributed by atoms with van der Waals surface area (Å²) in [6, 6.07) is 5.37. The summed E-state index contributed by atoms with van der Waals surface area (Å²) in [5.74, 6) is -0.109. The van der Waals surface area contributed by atoms with E-state index in [1.54, 1.807) is 17.8 Å². The van der Waals surface area contributed by atoms with Crippen LogP contribution in [-0.4, -0.2) is 15.9 Å². The van der Waals surface area contributed by atoms with E-state index in [-0.39, 0.29) is 5.91 Å². The minimum absolute atomic E-state index is 0.109. The molecule has 0 aliphatic carbocycles. The zero-order chi connectivity index (χ0) is 13.2. The topological polar surface area (TPSA) is 80.9 Å². The second kappa shape index (κ2) is 4.94. The first kappa shape index (κ1) is 12.1. The first-order valence-corrected chi connectivity index (χ1v) is 7.23. The number of nitrogen functional groups attached to an aromatic ring is 1. The predicted octanol–water partition coefficient (Wildman–Crippen LogP) is 2.27. The number of rotatable bonds is 3. The number of nitrogens with one attached hydrogen (secondary N) is 1. The molecule has 3 aromatic rings. The van der Waals surface area contributed by atoms with Crippen molar-refractivity contribution in [2.75, 3.05) is 5.73 Å². The number of anilines is 1. The lowest BCUT2D eigenvalue weighted by atomic mass is 10.2. The highest BCUT2D eigenvalue weighted by Gasteiger charge is 2.08. The quantitative estimate of drug-likeness (QED) is 0.775. The average Bonchev–Trinajstić information content (AvgIpc) is 3.02. The Morgan fingerprint density at radius 3 is 3.11 bits per heavy atom. The second-order valence-electron chi connectivity index (χ2n) is 3.89. The third-order valence-corrected chi connectivity index (χ3v) is 4.20. The Kier molecular flexibility index (Phi) is 3.14. The lowest BCUT2D eigenvalue weighted by molar-refractivity contribution is 0.0951. The minimum atomic E-state index is -0.109. The number of aromatic nitrogens is 2. The van der Waals surface area contributed by atoms with Crippen LogP contribution in [0, 0.1) is 0 Å². The molecule has 1 aromatic carbocycles. The van der Waals surface area contributed by atoms with Gasteiger partial charge in [0.15, 0.2) is 5.13 Å². The van der Waals surface area contributed by atoms with Gasteiger partial charge in [0, 0.05) is 16.6 Å². The molecule has 2 aromatic heterocycles. The van der Waals surface area contributed by atoms with Gasteiger partial charge in [0.05, 0.1) is 22.3 Å². The standard InChI is InChI=1S/C12H10N4OS2/c13-12-16-9-2-1-7(3-10(9)19-12)11(17)15-5-8-4-14-6-18-8/h1-4,6H,5H2,(H2,13,16)(H,15,17). The predicted molar refractivity (Wildman–Crippen MR) is 77.3 cm³/mol. The smallest absolute Gasteiger partial charge is 0.251 e. The van der Waals surface area contributed by atoms with Gasteiger partial charge in [-0.15, -0.1) is 11.3 Å². The van der Waals surface area contributed by atoms with E-state index in [0.717, 1.165) is 15.1 Å². The maximum absolute atomic E-state index is 12.0. The third kappa shape index (κ3) is 2.56. The summed E-state index contributed by atoms with van der Waals surface area (Å²) in [6.07, 6.45) is 1.75. The Balaban J connectivity index is 1.77. The summed E-state index contributed by atoms with van der Waals surface area (Å²) in [6.45, 7) is 0.492.